The molecule has 0 saturated heterocycles. The van der Waals surface area contributed by atoms with Gasteiger partial charge >= 0.3 is 5.69 Å². The molecule has 140 valence electrons. The van der Waals surface area contributed by atoms with Gasteiger partial charge in [-0.2, -0.15) is 5.10 Å². The maximum Gasteiger partial charge on any atom is 0.312 e. The summed E-state index contributed by atoms with van der Waals surface area (Å²) < 4.78 is 6.65. The molecule has 8 nitrogen and oxygen atoms in total. The molecule has 0 fully saturated rings. The molecular formula is C18H24N4O4. The van der Waals surface area contributed by atoms with Crippen molar-refractivity contribution in [3.8, 4) is 5.75 Å². The van der Waals surface area contributed by atoms with Gasteiger partial charge in [0.05, 0.1) is 17.7 Å². The molecule has 8 heteroatoms. The summed E-state index contributed by atoms with van der Waals surface area (Å²) in [6.07, 6.45) is 0. The average Bonchev–Trinajstić information content (AvgIpc) is 2.80. The molecule has 0 aliphatic heterocycles. The lowest BCUT2D eigenvalue weighted by Crippen LogP contribution is -2.21. The second-order valence-electron chi connectivity index (χ2n) is 7.15. The first-order chi connectivity index (χ1) is 12.0. The number of methoxy groups -OCH3 is 1. The molecule has 0 radical (unpaired) electrons. The molecule has 26 heavy (non-hydrogen) atoms. The number of aryl methyl sites for hydroxylation is 1. The Morgan fingerprint density at radius 3 is 2.50 bits per heavy atom. The van der Waals surface area contributed by atoms with E-state index in [0.29, 0.717) is 17.1 Å². The van der Waals surface area contributed by atoms with Crippen molar-refractivity contribution in [1.29, 1.82) is 0 Å². The van der Waals surface area contributed by atoms with Crippen LogP contribution in [0.3, 0.4) is 0 Å². The van der Waals surface area contributed by atoms with Gasteiger partial charge in [0.1, 0.15) is 23.7 Å². The molecule has 0 aliphatic carbocycles. The van der Waals surface area contributed by atoms with E-state index in [1.54, 1.807) is 13.8 Å². The van der Waals surface area contributed by atoms with E-state index in [1.807, 2.05) is 18.2 Å². The van der Waals surface area contributed by atoms with E-state index in [0.717, 1.165) is 5.56 Å². The van der Waals surface area contributed by atoms with Crippen molar-refractivity contribution in [2.24, 2.45) is 0 Å². The molecule has 2 rings (SSSR count). The molecular weight excluding hydrogens is 336 g/mol. The minimum absolute atomic E-state index is 0.0647. The Hall–Kier alpha value is -2.90. The Bertz CT molecular complexity index is 850. The lowest BCUT2D eigenvalue weighted by Gasteiger charge is -2.21. The zero-order chi connectivity index (χ0) is 19.6. The molecule has 1 amide bonds. The standard InChI is InChI=1S/C18H24N4O4/c1-11-17(22(24)25)12(2)21(20-11)10-16(23)19-14-9-13(18(3,4)5)7-8-15(14)26-6/h7-9H,10H2,1-6H3,(H,19,23). The number of carbonyl (C=O) groups is 1. The third kappa shape index (κ3) is 4.01. The van der Waals surface area contributed by atoms with Crippen LogP contribution in [-0.2, 0) is 16.8 Å². The highest BCUT2D eigenvalue weighted by molar-refractivity contribution is 5.92. The zero-order valence-corrected chi connectivity index (χ0v) is 15.9. The van der Waals surface area contributed by atoms with Gasteiger partial charge in [-0.15, -0.1) is 0 Å². The summed E-state index contributed by atoms with van der Waals surface area (Å²) in [4.78, 5) is 23.1. The van der Waals surface area contributed by atoms with Gasteiger partial charge < -0.3 is 10.1 Å². The van der Waals surface area contributed by atoms with E-state index in [-0.39, 0.29) is 29.2 Å². The van der Waals surface area contributed by atoms with Crippen molar-refractivity contribution in [1.82, 2.24) is 9.78 Å². The van der Waals surface area contributed by atoms with Crippen LogP contribution in [0.5, 0.6) is 5.75 Å². The Labute approximate surface area is 152 Å². The van der Waals surface area contributed by atoms with Gasteiger partial charge in [0, 0.05) is 0 Å². The number of benzene rings is 1. The van der Waals surface area contributed by atoms with Crippen LogP contribution in [0, 0.1) is 24.0 Å². The molecule has 0 bridgehead atoms. The maximum absolute atomic E-state index is 12.5. The summed E-state index contributed by atoms with van der Waals surface area (Å²) in [5.74, 6) is 0.209. The first-order valence-corrected chi connectivity index (χ1v) is 8.21. The van der Waals surface area contributed by atoms with Gasteiger partial charge in [0.15, 0.2) is 0 Å². The van der Waals surface area contributed by atoms with Crippen LogP contribution in [0.15, 0.2) is 18.2 Å². The molecule has 0 atom stereocenters. The van der Waals surface area contributed by atoms with Crippen molar-refractivity contribution in [3.05, 3.63) is 45.3 Å². The zero-order valence-electron chi connectivity index (χ0n) is 15.9. The van der Waals surface area contributed by atoms with Gasteiger partial charge in [-0.1, -0.05) is 26.8 Å². The van der Waals surface area contributed by atoms with Crippen LogP contribution >= 0.6 is 0 Å². The highest BCUT2D eigenvalue weighted by Gasteiger charge is 2.23. The first kappa shape index (κ1) is 19.4. The monoisotopic (exact) mass is 360 g/mol. The predicted molar refractivity (Wildman–Crippen MR) is 98.7 cm³/mol. The number of nitro groups is 1. The van der Waals surface area contributed by atoms with Crippen molar-refractivity contribution < 1.29 is 14.5 Å². The van der Waals surface area contributed by atoms with Gasteiger partial charge in [-0.25, -0.2) is 0 Å². The number of ether oxygens (including phenoxy) is 1. The van der Waals surface area contributed by atoms with Crippen LogP contribution in [0.2, 0.25) is 0 Å². The minimum atomic E-state index is -0.484. The van der Waals surface area contributed by atoms with E-state index in [9.17, 15) is 14.9 Å². The van der Waals surface area contributed by atoms with Gasteiger partial charge in [-0.05, 0) is 37.0 Å². The fourth-order valence-corrected chi connectivity index (χ4v) is 2.70. The van der Waals surface area contributed by atoms with Crippen molar-refractivity contribution in [2.75, 3.05) is 12.4 Å². The molecule has 0 aliphatic rings. The number of amides is 1. The number of hydrogen-bond donors (Lipinski definition) is 1. The molecule has 0 spiro atoms. The van der Waals surface area contributed by atoms with E-state index in [2.05, 4.69) is 31.2 Å². The number of carbonyl (C=O) groups excluding carboxylic acids is 1. The number of aromatic nitrogens is 2. The highest BCUT2D eigenvalue weighted by atomic mass is 16.6. The normalized spacial score (nSPS) is 11.3. The first-order valence-electron chi connectivity index (χ1n) is 8.21. The van der Waals surface area contributed by atoms with E-state index < -0.39 is 4.92 Å². The summed E-state index contributed by atoms with van der Waals surface area (Å²) in [7, 11) is 1.53. The SMILES string of the molecule is COc1ccc(C(C)(C)C)cc1NC(=O)Cn1nc(C)c([N+](=O)[O-])c1C. The van der Waals surface area contributed by atoms with E-state index in [4.69, 9.17) is 4.74 Å². The second-order valence-corrected chi connectivity index (χ2v) is 7.15. The predicted octanol–water partition coefficient (Wildman–Crippen LogP) is 3.35. The minimum Gasteiger partial charge on any atom is -0.495 e. The molecule has 1 aromatic carbocycles. The number of anilines is 1. The summed E-state index contributed by atoms with van der Waals surface area (Å²) in [5.41, 5.74) is 2.09. The highest BCUT2D eigenvalue weighted by Crippen LogP contribution is 2.31. The maximum atomic E-state index is 12.5. The van der Waals surface area contributed by atoms with Gasteiger partial charge in [-0.3, -0.25) is 19.6 Å². The molecule has 1 heterocycles. The number of hydrogen-bond acceptors (Lipinski definition) is 5. The fourth-order valence-electron chi connectivity index (χ4n) is 2.70. The Morgan fingerprint density at radius 2 is 2.00 bits per heavy atom. The Morgan fingerprint density at radius 1 is 1.35 bits per heavy atom. The van der Waals surface area contributed by atoms with Crippen LogP contribution in [-0.4, -0.2) is 27.7 Å². The summed E-state index contributed by atoms with van der Waals surface area (Å²) in [6, 6.07) is 5.64. The fraction of sp³-hybridized carbons (Fsp3) is 0.444. The van der Waals surface area contributed by atoms with Crippen molar-refractivity contribution >= 4 is 17.3 Å². The smallest absolute Gasteiger partial charge is 0.312 e. The summed E-state index contributed by atoms with van der Waals surface area (Å²) in [5, 5.41) is 18.0. The lowest BCUT2D eigenvalue weighted by molar-refractivity contribution is -0.386. The Balaban J connectivity index is 2.25. The third-order valence-electron chi connectivity index (χ3n) is 4.16. The largest absolute Gasteiger partial charge is 0.495 e. The molecule has 1 aromatic heterocycles. The van der Waals surface area contributed by atoms with Crippen LogP contribution in [0.4, 0.5) is 11.4 Å². The third-order valence-corrected chi connectivity index (χ3v) is 4.16. The molecule has 2 aromatic rings. The number of nitrogens with zero attached hydrogens (tertiary/aromatic N) is 3. The Kier molecular flexibility index (Phi) is 5.34. The quantitative estimate of drug-likeness (QED) is 0.651. The van der Waals surface area contributed by atoms with E-state index in [1.165, 1.54) is 11.8 Å². The summed E-state index contributed by atoms with van der Waals surface area (Å²) >= 11 is 0. The molecule has 0 unspecified atom stereocenters. The number of nitrogens with one attached hydrogen (secondary N) is 1. The van der Waals surface area contributed by atoms with Crippen molar-refractivity contribution in [3.63, 3.8) is 0 Å². The van der Waals surface area contributed by atoms with Crippen LogP contribution in [0.1, 0.15) is 37.7 Å². The van der Waals surface area contributed by atoms with Gasteiger partial charge in [0.2, 0.25) is 5.91 Å². The second kappa shape index (κ2) is 7.15. The van der Waals surface area contributed by atoms with Crippen molar-refractivity contribution in [2.45, 2.75) is 46.6 Å². The van der Waals surface area contributed by atoms with Crippen LogP contribution < -0.4 is 10.1 Å². The number of rotatable bonds is 5. The van der Waals surface area contributed by atoms with Gasteiger partial charge in [0.25, 0.3) is 0 Å². The topological polar surface area (TPSA) is 99.3 Å². The molecule has 0 saturated carbocycles. The lowest BCUT2D eigenvalue weighted by atomic mass is 9.87. The summed E-state index contributed by atoms with van der Waals surface area (Å²) in [6.45, 7) is 9.24. The van der Waals surface area contributed by atoms with E-state index >= 15 is 0 Å². The molecule has 1 N–H and O–H groups in total. The van der Waals surface area contributed by atoms with Crippen LogP contribution in [0.25, 0.3) is 0 Å². The average molecular weight is 360 g/mol.